The molecule has 0 saturated heterocycles. The Bertz CT molecular complexity index is 2800. The minimum atomic E-state index is -0.361. The predicted octanol–water partition coefficient (Wildman–Crippen LogP) is 20.3. The molecule has 0 unspecified atom stereocenters. The first-order chi connectivity index (χ1) is 32.7. The molecule has 0 bridgehead atoms. The van der Waals surface area contributed by atoms with Crippen LogP contribution in [0.3, 0.4) is 0 Å². The van der Waals surface area contributed by atoms with Crippen LogP contribution in [0, 0.1) is 20.8 Å². The molecule has 5 aliphatic carbocycles. The van der Waals surface area contributed by atoms with Crippen molar-refractivity contribution in [3.63, 3.8) is 0 Å². The van der Waals surface area contributed by atoms with Crippen molar-refractivity contribution in [1.82, 2.24) is 0 Å². The minimum Gasteiger partial charge on any atom is -0.199 e. The van der Waals surface area contributed by atoms with E-state index in [0.29, 0.717) is 0 Å². The van der Waals surface area contributed by atoms with Gasteiger partial charge in [-0.15, -0.1) is 35.4 Å². The van der Waals surface area contributed by atoms with Crippen LogP contribution < -0.4 is 0 Å². The second kappa shape index (κ2) is 20.0. The van der Waals surface area contributed by atoms with Gasteiger partial charge in [0, 0.05) is 16.2 Å². The topological polar surface area (TPSA) is 0 Å². The van der Waals surface area contributed by atoms with Crippen LogP contribution in [0.4, 0.5) is 0 Å². The van der Waals surface area contributed by atoms with E-state index >= 15 is 0 Å². The summed E-state index contributed by atoms with van der Waals surface area (Å²) in [5, 5.41) is 0. The van der Waals surface area contributed by atoms with Crippen LogP contribution in [-0.4, -0.2) is 0 Å². The van der Waals surface area contributed by atoms with E-state index in [9.17, 15) is 0 Å². The zero-order valence-electron chi connectivity index (χ0n) is 49.9. The molecule has 0 fully saturated rings. The molecular formula is C71H91Zr. The quantitative estimate of drug-likeness (QED) is 0.223. The van der Waals surface area contributed by atoms with E-state index in [1.165, 1.54) is 145 Å². The third-order valence-corrected chi connectivity index (χ3v) is 21.7. The van der Waals surface area contributed by atoms with Gasteiger partial charge in [0.25, 0.3) is 0 Å². The third kappa shape index (κ3) is 7.93. The Morgan fingerprint density at radius 2 is 0.375 bits per heavy atom. The van der Waals surface area contributed by atoms with E-state index in [2.05, 4.69) is 187 Å². The second-order valence-electron chi connectivity index (χ2n) is 23.4. The van der Waals surface area contributed by atoms with Gasteiger partial charge in [-0.05, 0) is 231 Å². The summed E-state index contributed by atoms with van der Waals surface area (Å²) in [6, 6.07) is 19.7. The van der Waals surface area contributed by atoms with Crippen molar-refractivity contribution in [2.75, 3.05) is 0 Å². The van der Waals surface area contributed by atoms with Gasteiger partial charge in [-0.3, -0.25) is 0 Å². The summed E-state index contributed by atoms with van der Waals surface area (Å²) in [5.74, 6) is 0. The zero-order chi connectivity index (χ0) is 53.7. The van der Waals surface area contributed by atoms with Gasteiger partial charge in [0.05, 0.1) is 0 Å². The molecule has 5 aliphatic rings. The maximum atomic E-state index is 5.52. The van der Waals surface area contributed by atoms with Crippen LogP contribution in [0.5, 0.6) is 0 Å². The largest absolute Gasteiger partial charge is 3.00 e. The van der Waals surface area contributed by atoms with Crippen LogP contribution in [-0.2, 0) is 53.3 Å². The van der Waals surface area contributed by atoms with Crippen LogP contribution in [0.2, 0.25) is 0 Å². The van der Waals surface area contributed by atoms with Crippen LogP contribution in [0.15, 0.2) is 172 Å². The molecule has 379 valence electrons. The van der Waals surface area contributed by atoms with Gasteiger partial charge in [-0.2, -0.15) is 61.7 Å². The van der Waals surface area contributed by atoms with Crippen molar-refractivity contribution in [2.45, 2.75) is 200 Å². The van der Waals surface area contributed by atoms with Crippen molar-refractivity contribution >= 4 is 0 Å². The van der Waals surface area contributed by atoms with Gasteiger partial charge >= 0.3 is 26.2 Å². The summed E-state index contributed by atoms with van der Waals surface area (Å²) in [7, 11) is 0. The van der Waals surface area contributed by atoms with Gasteiger partial charge in [-0.25, -0.2) is 0 Å². The van der Waals surface area contributed by atoms with Gasteiger partial charge in [-0.1, -0.05) is 92.8 Å². The zero-order valence-corrected chi connectivity index (χ0v) is 52.4. The molecule has 3 aromatic carbocycles. The molecule has 0 heterocycles. The fourth-order valence-electron chi connectivity index (χ4n) is 14.2. The van der Waals surface area contributed by atoms with Crippen LogP contribution in [0.25, 0.3) is 0 Å². The smallest absolute Gasteiger partial charge is 0.199 e. The van der Waals surface area contributed by atoms with Gasteiger partial charge in [0.1, 0.15) is 0 Å². The fraction of sp³-hybridized carbons (Fsp3) is 0.423. The van der Waals surface area contributed by atoms with E-state index in [1.807, 2.05) is 60.7 Å². The Morgan fingerprint density at radius 3 is 0.514 bits per heavy atom. The minimum absolute atomic E-state index is 0. The summed E-state index contributed by atoms with van der Waals surface area (Å²) in [5.41, 5.74) is 38.1. The van der Waals surface area contributed by atoms with E-state index in [1.54, 1.807) is 0 Å². The van der Waals surface area contributed by atoms with Gasteiger partial charge in [0.2, 0.25) is 0 Å². The monoisotopic (exact) mass is 1030 g/mol. The SMILES string of the molecule is [CH2-]c1c(C2(C)C(C)=C(C)C(C)=C2C)c(C2(C)C(C)=C(C)C(C)=C2C)c(C2(C)C(C)=C(C)C(C)=C2C)c(C2(C)C(C)=C(C)C(C)=C2C)c1C1(C)C(C)=C(C)C(C)=C1C.[CH2-]c1ccccc1.[CH2-]c1ccccc1.[Zr+3]. The fourth-order valence-corrected chi connectivity index (χ4v) is 14.2. The van der Waals surface area contributed by atoms with Crippen molar-refractivity contribution in [3.8, 4) is 0 Å². The number of hydrogen-bond donors (Lipinski definition) is 0. The number of hydrogen-bond acceptors (Lipinski definition) is 0. The predicted molar refractivity (Wildman–Crippen MR) is 313 cm³/mol. The number of benzene rings is 3. The molecule has 3 aromatic rings. The maximum absolute atomic E-state index is 5.52. The molecule has 0 N–H and O–H groups in total. The first-order valence-corrected chi connectivity index (χ1v) is 26.4. The van der Waals surface area contributed by atoms with Crippen molar-refractivity contribution in [1.29, 1.82) is 0 Å². The van der Waals surface area contributed by atoms with Gasteiger partial charge in [0.15, 0.2) is 0 Å². The Balaban J connectivity index is 0.000000551. The molecule has 0 atom stereocenters. The molecule has 0 spiro atoms. The average Bonchev–Trinajstić information content (AvgIpc) is 3.80. The first-order valence-electron chi connectivity index (χ1n) is 26.4. The number of allylic oxidation sites excluding steroid dienone is 20. The summed E-state index contributed by atoms with van der Waals surface area (Å²) in [6.45, 7) is 74.0. The Hall–Kier alpha value is -4.45. The molecule has 0 amide bonds. The third-order valence-electron chi connectivity index (χ3n) is 21.7. The average molecular weight is 1040 g/mol. The second-order valence-corrected chi connectivity index (χ2v) is 23.4. The van der Waals surface area contributed by atoms with Crippen LogP contribution in [0.1, 0.15) is 218 Å². The van der Waals surface area contributed by atoms with E-state index < -0.39 is 0 Å². The molecule has 0 aliphatic heterocycles. The van der Waals surface area contributed by atoms with Crippen LogP contribution >= 0.6 is 0 Å². The summed E-state index contributed by atoms with van der Waals surface area (Å²) < 4.78 is 0. The van der Waals surface area contributed by atoms with E-state index in [0.717, 1.165) is 11.1 Å². The summed E-state index contributed by atoms with van der Waals surface area (Å²) in [4.78, 5) is 0. The summed E-state index contributed by atoms with van der Waals surface area (Å²) in [6.07, 6.45) is 0. The molecule has 8 rings (SSSR count). The maximum Gasteiger partial charge on any atom is 3.00 e. The Morgan fingerprint density at radius 1 is 0.236 bits per heavy atom. The first kappa shape index (κ1) is 58.4. The standard InChI is InChI=1S/C57H77.2C7H7.Zr/c1-27-28(2)39(13)53(22,38(27)12)48-37(11)49(54(23)40(14)29(3)30(4)41(54)15)51(56(25)44(18)33(7)34(8)45(56)19)52(57(26)46(20)35(9)36(10)47(57)21)50(48)55(24)42(16)31(5)32(6)43(55)17;2*1-7-5-3-2-4-6-7;/h11H2,1-10,12-26H3;2*2-6H,1H2;/q3*-1;+3. The Labute approximate surface area is 460 Å². The molecule has 0 nitrogen and oxygen atoms in total. The van der Waals surface area contributed by atoms with Crippen molar-refractivity contribution in [3.05, 3.63) is 237 Å². The molecular weight excluding hydrogens is 944 g/mol. The number of rotatable bonds is 5. The summed E-state index contributed by atoms with van der Waals surface area (Å²) >= 11 is 0. The van der Waals surface area contributed by atoms with E-state index in [-0.39, 0.29) is 53.3 Å². The normalized spacial score (nSPS) is 20.9. The Kier molecular flexibility index (Phi) is 16.2. The molecule has 1 heteroatoms. The molecule has 0 aromatic heterocycles. The molecule has 1 radical (unpaired) electrons. The molecule has 72 heavy (non-hydrogen) atoms. The van der Waals surface area contributed by atoms with Gasteiger partial charge < -0.3 is 0 Å². The van der Waals surface area contributed by atoms with Crippen molar-refractivity contribution in [2.24, 2.45) is 0 Å². The van der Waals surface area contributed by atoms with E-state index in [4.69, 9.17) is 6.92 Å². The van der Waals surface area contributed by atoms with Crippen molar-refractivity contribution < 1.29 is 26.2 Å². The molecule has 0 saturated carbocycles.